The Morgan fingerprint density at radius 3 is 2.56 bits per heavy atom. The molecule has 2 rings (SSSR count). The summed E-state index contributed by atoms with van der Waals surface area (Å²) in [4.78, 5) is 0. The van der Waals surface area contributed by atoms with Crippen LogP contribution < -0.4 is 4.74 Å². The van der Waals surface area contributed by atoms with Gasteiger partial charge in [-0.3, -0.25) is 0 Å². The molecule has 3 nitrogen and oxygen atoms in total. The van der Waals surface area contributed by atoms with E-state index in [1.807, 2.05) is 26.0 Å². The first-order valence-corrected chi connectivity index (χ1v) is 8.48. The molecule has 1 fully saturated rings. The molecule has 1 saturated carbocycles. The van der Waals surface area contributed by atoms with Crippen LogP contribution in [0.15, 0.2) is 12.1 Å². The molecular formula is C13H17ClO3S. The summed E-state index contributed by atoms with van der Waals surface area (Å²) in [5.74, 6) is 1.12. The van der Waals surface area contributed by atoms with E-state index in [2.05, 4.69) is 0 Å². The highest BCUT2D eigenvalue weighted by Crippen LogP contribution is 2.33. The molecule has 0 saturated heterocycles. The fourth-order valence-corrected chi connectivity index (χ4v) is 2.97. The minimum Gasteiger partial charge on any atom is -0.493 e. The number of hydrogen-bond donors (Lipinski definition) is 0. The van der Waals surface area contributed by atoms with Gasteiger partial charge >= 0.3 is 0 Å². The molecule has 0 N–H and O–H groups in total. The number of ether oxygens (including phenoxy) is 1. The van der Waals surface area contributed by atoms with Crippen LogP contribution in [-0.2, 0) is 14.8 Å². The zero-order chi connectivity index (χ0) is 13.3. The Morgan fingerprint density at radius 2 is 2.00 bits per heavy atom. The minimum atomic E-state index is -3.56. The Kier molecular flexibility index (Phi) is 3.87. The molecule has 0 unspecified atom stereocenters. The monoisotopic (exact) mass is 288 g/mol. The van der Waals surface area contributed by atoms with Crippen molar-refractivity contribution in [1.29, 1.82) is 0 Å². The van der Waals surface area contributed by atoms with Crippen molar-refractivity contribution < 1.29 is 13.2 Å². The van der Waals surface area contributed by atoms with E-state index in [1.165, 1.54) is 12.8 Å². The topological polar surface area (TPSA) is 43.4 Å². The maximum absolute atomic E-state index is 11.2. The molecule has 0 radical (unpaired) electrons. The van der Waals surface area contributed by atoms with Gasteiger partial charge in [0.05, 0.1) is 12.4 Å². The fraction of sp³-hybridized carbons (Fsp3) is 0.538. The normalized spacial score (nSPS) is 15.7. The second kappa shape index (κ2) is 5.10. The SMILES string of the molecule is Cc1cc(C)c(OCC2CC2)c(CS(=O)(=O)Cl)c1. The summed E-state index contributed by atoms with van der Waals surface area (Å²) in [5, 5.41) is 0. The second-order valence-corrected chi connectivity index (χ2v) is 7.78. The van der Waals surface area contributed by atoms with E-state index in [9.17, 15) is 8.42 Å². The van der Waals surface area contributed by atoms with Gasteiger partial charge in [-0.2, -0.15) is 0 Å². The van der Waals surface area contributed by atoms with Gasteiger partial charge in [0.1, 0.15) is 5.75 Å². The van der Waals surface area contributed by atoms with Crippen LogP contribution in [0.1, 0.15) is 29.5 Å². The van der Waals surface area contributed by atoms with E-state index in [-0.39, 0.29) is 5.75 Å². The van der Waals surface area contributed by atoms with Gasteiger partial charge in [0.25, 0.3) is 0 Å². The average molecular weight is 289 g/mol. The van der Waals surface area contributed by atoms with E-state index in [0.717, 1.165) is 11.1 Å². The lowest BCUT2D eigenvalue weighted by molar-refractivity contribution is 0.295. The second-order valence-electron chi connectivity index (χ2n) is 5.01. The van der Waals surface area contributed by atoms with Crippen LogP contribution in [0, 0.1) is 19.8 Å². The quantitative estimate of drug-likeness (QED) is 0.782. The van der Waals surface area contributed by atoms with Crippen LogP contribution in [-0.4, -0.2) is 15.0 Å². The van der Waals surface area contributed by atoms with Crippen LogP contribution in [0.4, 0.5) is 0 Å². The predicted molar refractivity (Wildman–Crippen MR) is 72.6 cm³/mol. The van der Waals surface area contributed by atoms with Crippen molar-refractivity contribution in [3.63, 3.8) is 0 Å². The first kappa shape index (κ1) is 13.7. The molecule has 0 amide bonds. The lowest BCUT2D eigenvalue weighted by Crippen LogP contribution is -2.06. The van der Waals surface area contributed by atoms with Gasteiger partial charge in [-0.25, -0.2) is 8.42 Å². The Bertz CT molecular complexity index is 548. The van der Waals surface area contributed by atoms with Crippen LogP contribution in [0.3, 0.4) is 0 Å². The largest absolute Gasteiger partial charge is 0.493 e. The summed E-state index contributed by atoms with van der Waals surface area (Å²) in [6.45, 7) is 4.53. The first-order valence-electron chi connectivity index (χ1n) is 6.00. The molecule has 1 aliphatic rings. The highest BCUT2D eigenvalue weighted by atomic mass is 35.7. The lowest BCUT2D eigenvalue weighted by Gasteiger charge is -2.14. The van der Waals surface area contributed by atoms with Crippen molar-refractivity contribution in [2.45, 2.75) is 32.4 Å². The van der Waals surface area contributed by atoms with Crippen LogP contribution >= 0.6 is 10.7 Å². The number of aryl methyl sites for hydroxylation is 2. The van der Waals surface area contributed by atoms with Gasteiger partial charge in [0.15, 0.2) is 0 Å². The highest BCUT2D eigenvalue weighted by molar-refractivity contribution is 8.13. The standard InChI is InChI=1S/C13H17ClO3S/c1-9-5-10(2)13(17-7-11-3-4-11)12(6-9)8-18(14,15)16/h5-6,11H,3-4,7-8H2,1-2H3. The van der Waals surface area contributed by atoms with Crippen molar-refractivity contribution in [2.24, 2.45) is 5.92 Å². The van der Waals surface area contributed by atoms with E-state index in [1.54, 1.807) is 0 Å². The van der Waals surface area contributed by atoms with Crippen molar-refractivity contribution in [1.82, 2.24) is 0 Å². The summed E-state index contributed by atoms with van der Waals surface area (Å²) < 4.78 is 28.2. The van der Waals surface area contributed by atoms with Crippen molar-refractivity contribution in [3.8, 4) is 5.75 Å². The third-order valence-electron chi connectivity index (χ3n) is 2.98. The van der Waals surface area contributed by atoms with Crippen molar-refractivity contribution in [2.75, 3.05) is 6.61 Å². The summed E-state index contributed by atoms with van der Waals surface area (Å²) in [5.41, 5.74) is 2.63. The molecule has 5 heteroatoms. The van der Waals surface area contributed by atoms with Gasteiger partial charge in [-0.15, -0.1) is 0 Å². The Labute approximate surface area is 113 Å². The summed E-state index contributed by atoms with van der Waals surface area (Å²) >= 11 is 0. The maximum Gasteiger partial charge on any atom is 0.236 e. The minimum absolute atomic E-state index is 0.183. The smallest absolute Gasteiger partial charge is 0.236 e. The molecule has 1 aromatic rings. The molecule has 1 aliphatic carbocycles. The third-order valence-corrected chi connectivity index (χ3v) is 3.97. The van der Waals surface area contributed by atoms with Crippen LogP contribution in [0.2, 0.25) is 0 Å². The number of hydrogen-bond acceptors (Lipinski definition) is 3. The molecular weight excluding hydrogens is 272 g/mol. The van der Waals surface area contributed by atoms with Gasteiger partial charge in [0, 0.05) is 16.2 Å². The average Bonchev–Trinajstić information content (AvgIpc) is 2.97. The van der Waals surface area contributed by atoms with Gasteiger partial charge in [-0.05, 0) is 38.2 Å². The highest BCUT2D eigenvalue weighted by Gasteiger charge is 2.23. The van der Waals surface area contributed by atoms with E-state index in [4.69, 9.17) is 15.4 Å². The lowest BCUT2D eigenvalue weighted by atomic mass is 10.1. The van der Waals surface area contributed by atoms with E-state index >= 15 is 0 Å². The van der Waals surface area contributed by atoms with E-state index in [0.29, 0.717) is 23.8 Å². The van der Waals surface area contributed by atoms with E-state index < -0.39 is 9.05 Å². The number of benzene rings is 1. The molecule has 0 aliphatic heterocycles. The van der Waals surface area contributed by atoms with Gasteiger partial charge in [-0.1, -0.05) is 17.7 Å². The molecule has 100 valence electrons. The summed E-state index contributed by atoms with van der Waals surface area (Å²) in [6.07, 6.45) is 2.40. The molecule has 0 spiro atoms. The molecule has 0 atom stereocenters. The Balaban J connectivity index is 2.27. The third kappa shape index (κ3) is 3.89. The van der Waals surface area contributed by atoms with Gasteiger partial charge < -0.3 is 4.74 Å². The fourth-order valence-electron chi connectivity index (χ4n) is 2.03. The molecule has 0 heterocycles. The summed E-state index contributed by atoms with van der Waals surface area (Å²) in [7, 11) is 1.77. The zero-order valence-corrected chi connectivity index (χ0v) is 12.1. The number of rotatable bonds is 5. The molecule has 0 bridgehead atoms. The Hall–Kier alpha value is -0.740. The summed E-state index contributed by atoms with van der Waals surface area (Å²) in [6, 6.07) is 3.82. The first-order chi connectivity index (χ1) is 8.35. The van der Waals surface area contributed by atoms with Crippen LogP contribution in [0.25, 0.3) is 0 Å². The van der Waals surface area contributed by atoms with Gasteiger partial charge in [0.2, 0.25) is 9.05 Å². The molecule has 0 aromatic heterocycles. The van der Waals surface area contributed by atoms with Crippen molar-refractivity contribution >= 4 is 19.7 Å². The predicted octanol–water partition coefficient (Wildman–Crippen LogP) is 3.16. The number of halogens is 1. The van der Waals surface area contributed by atoms with Crippen LogP contribution in [0.5, 0.6) is 5.75 Å². The zero-order valence-electron chi connectivity index (χ0n) is 10.6. The molecule has 18 heavy (non-hydrogen) atoms. The Morgan fingerprint density at radius 1 is 1.33 bits per heavy atom. The molecule has 1 aromatic carbocycles. The van der Waals surface area contributed by atoms with Crippen molar-refractivity contribution in [3.05, 3.63) is 28.8 Å². The maximum atomic E-state index is 11.2.